The second-order valence-corrected chi connectivity index (χ2v) is 6.54. The zero-order chi connectivity index (χ0) is 16.6. The van der Waals surface area contributed by atoms with Gasteiger partial charge in [0.2, 0.25) is 5.91 Å². The number of likely N-dealkylation sites (tertiary alicyclic amines) is 1. The maximum atomic E-state index is 12.7. The fourth-order valence-corrected chi connectivity index (χ4v) is 3.28. The molecule has 2 unspecified atom stereocenters. The lowest BCUT2D eigenvalue weighted by atomic mass is 9.86. The van der Waals surface area contributed by atoms with E-state index in [1.807, 2.05) is 6.92 Å². The minimum absolute atomic E-state index is 0.0393. The summed E-state index contributed by atoms with van der Waals surface area (Å²) in [6, 6.07) is 1.07. The van der Waals surface area contributed by atoms with Crippen LogP contribution in [-0.4, -0.2) is 47.2 Å². The van der Waals surface area contributed by atoms with Gasteiger partial charge >= 0.3 is 6.18 Å². The number of piperidine rings is 1. The summed E-state index contributed by atoms with van der Waals surface area (Å²) >= 11 is 0. The first-order valence-corrected chi connectivity index (χ1v) is 7.98. The molecule has 2 fully saturated rings. The van der Waals surface area contributed by atoms with E-state index in [0.29, 0.717) is 24.7 Å². The van der Waals surface area contributed by atoms with Gasteiger partial charge in [-0.2, -0.15) is 18.3 Å². The minimum atomic E-state index is -4.44. The summed E-state index contributed by atoms with van der Waals surface area (Å²) in [5.41, 5.74) is -0.433. The Hall–Kier alpha value is -1.57. The lowest BCUT2D eigenvalue weighted by Gasteiger charge is -2.38. The van der Waals surface area contributed by atoms with Crippen molar-refractivity contribution in [3.63, 3.8) is 0 Å². The summed E-state index contributed by atoms with van der Waals surface area (Å²) < 4.78 is 38.0. The van der Waals surface area contributed by atoms with Crippen LogP contribution in [0.15, 0.2) is 6.07 Å². The Balaban J connectivity index is 1.66. The highest BCUT2D eigenvalue weighted by molar-refractivity contribution is 5.79. The first-order chi connectivity index (χ1) is 10.9. The number of rotatable bonds is 3. The smallest absolute Gasteiger partial charge is 0.342 e. The molecule has 23 heavy (non-hydrogen) atoms. The van der Waals surface area contributed by atoms with E-state index in [1.165, 1.54) is 0 Å². The number of amides is 1. The number of nitrogens with zero attached hydrogens (tertiary/aromatic N) is 2. The molecule has 2 atom stereocenters. The molecule has 1 aromatic rings. The topological polar surface area (TPSA) is 61.0 Å². The number of hydrogen-bond donors (Lipinski definition) is 2. The Kier molecular flexibility index (Phi) is 4.35. The summed E-state index contributed by atoms with van der Waals surface area (Å²) in [6.07, 6.45) is -2.88. The lowest BCUT2D eigenvalue weighted by Crippen LogP contribution is -2.51. The molecule has 3 heterocycles. The Bertz CT molecular complexity index is 567. The molecular formula is C15H21F3N4O. The zero-order valence-corrected chi connectivity index (χ0v) is 13.0. The predicted molar refractivity (Wildman–Crippen MR) is 77.7 cm³/mol. The summed E-state index contributed by atoms with van der Waals surface area (Å²) in [4.78, 5) is 14.4. The molecule has 5 nitrogen and oxygen atoms in total. The highest BCUT2D eigenvalue weighted by Gasteiger charge is 2.37. The van der Waals surface area contributed by atoms with E-state index in [9.17, 15) is 18.0 Å². The average Bonchev–Trinajstić information content (AvgIpc) is 2.94. The Morgan fingerprint density at radius 2 is 2.17 bits per heavy atom. The van der Waals surface area contributed by atoms with Gasteiger partial charge in [-0.15, -0.1) is 0 Å². The number of carbonyl (C=O) groups excluding carboxylic acids is 1. The van der Waals surface area contributed by atoms with Crippen LogP contribution in [0.4, 0.5) is 13.2 Å². The van der Waals surface area contributed by atoms with Crippen molar-refractivity contribution in [1.29, 1.82) is 0 Å². The molecule has 0 aliphatic carbocycles. The van der Waals surface area contributed by atoms with Crippen molar-refractivity contribution in [2.75, 3.05) is 26.2 Å². The highest BCUT2D eigenvalue weighted by Crippen LogP contribution is 2.32. The van der Waals surface area contributed by atoms with Gasteiger partial charge in [0.15, 0.2) is 5.69 Å². The van der Waals surface area contributed by atoms with Gasteiger partial charge in [0.25, 0.3) is 0 Å². The molecule has 2 aliphatic rings. The lowest BCUT2D eigenvalue weighted by molar-refractivity contribution is -0.141. The molecule has 2 N–H and O–H groups in total. The van der Waals surface area contributed by atoms with Gasteiger partial charge in [0.05, 0.1) is 0 Å². The number of hydrogen-bond acceptors (Lipinski definition) is 3. The molecule has 0 radical (unpaired) electrons. The molecule has 0 spiro atoms. The molecular weight excluding hydrogens is 309 g/mol. The van der Waals surface area contributed by atoms with E-state index in [1.54, 1.807) is 4.90 Å². The molecule has 1 aromatic heterocycles. The number of carbonyl (C=O) groups is 1. The van der Waals surface area contributed by atoms with Crippen molar-refractivity contribution in [3.05, 3.63) is 17.5 Å². The van der Waals surface area contributed by atoms with Crippen molar-refractivity contribution in [2.24, 2.45) is 11.8 Å². The largest absolute Gasteiger partial charge is 0.435 e. The predicted octanol–water partition coefficient (Wildman–Crippen LogP) is 1.99. The van der Waals surface area contributed by atoms with E-state index >= 15 is 0 Å². The highest BCUT2D eigenvalue weighted by atomic mass is 19.4. The van der Waals surface area contributed by atoms with E-state index in [0.717, 1.165) is 32.0 Å². The van der Waals surface area contributed by atoms with Gasteiger partial charge in [-0.3, -0.25) is 9.89 Å². The standard InChI is InChI=1S/C15H21F3N4O/c1-9(11-6-19-7-11)14(23)22-4-2-3-10(8-22)12-5-13(21-20-12)15(16,17)18/h5,9-11,19H,2-4,6-8H2,1H3,(H,20,21). The van der Waals surface area contributed by atoms with Gasteiger partial charge in [-0.25, -0.2) is 0 Å². The van der Waals surface area contributed by atoms with Crippen molar-refractivity contribution in [3.8, 4) is 0 Å². The van der Waals surface area contributed by atoms with E-state index in [4.69, 9.17) is 0 Å². The third-order valence-electron chi connectivity index (χ3n) is 4.97. The van der Waals surface area contributed by atoms with Crippen LogP contribution < -0.4 is 5.32 Å². The summed E-state index contributed by atoms with van der Waals surface area (Å²) in [5.74, 6) is 0.328. The summed E-state index contributed by atoms with van der Waals surface area (Å²) in [5, 5.41) is 9.02. The number of nitrogens with one attached hydrogen (secondary N) is 2. The van der Waals surface area contributed by atoms with E-state index in [2.05, 4.69) is 15.5 Å². The third-order valence-corrected chi connectivity index (χ3v) is 4.97. The van der Waals surface area contributed by atoms with Gasteiger partial charge < -0.3 is 10.2 Å². The van der Waals surface area contributed by atoms with Gasteiger partial charge in [-0.1, -0.05) is 6.92 Å². The van der Waals surface area contributed by atoms with Gasteiger partial charge in [0.1, 0.15) is 0 Å². The fourth-order valence-electron chi connectivity index (χ4n) is 3.28. The number of halogens is 3. The maximum absolute atomic E-state index is 12.7. The van der Waals surface area contributed by atoms with Crippen molar-refractivity contribution in [1.82, 2.24) is 20.4 Å². The van der Waals surface area contributed by atoms with E-state index < -0.39 is 11.9 Å². The van der Waals surface area contributed by atoms with E-state index in [-0.39, 0.29) is 17.7 Å². The second-order valence-electron chi connectivity index (χ2n) is 6.54. The van der Waals surface area contributed by atoms with Crippen molar-refractivity contribution < 1.29 is 18.0 Å². The third kappa shape index (κ3) is 3.36. The van der Waals surface area contributed by atoms with Crippen molar-refractivity contribution >= 4 is 5.91 Å². The number of aromatic amines is 1. The number of alkyl halides is 3. The molecule has 1 amide bonds. The maximum Gasteiger partial charge on any atom is 0.435 e. The molecule has 2 aliphatic heterocycles. The molecule has 128 valence electrons. The summed E-state index contributed by atoms with van der Waals surface area (Å²) in [7, 11) is 0. The Labute approximate surface area is 132 Å². The fraction of sp³-hybridized carbons (Fsp3) is 0.733. The number of aromatic nitrogens is 2. The molecule has 3 rings (SSSR count). The zero-order valence-electron chi connectivity index (χ0n) is 13.0. The molecule has 0 aromatic carbocycles. The van der Waals surface area contributed by atoms with Crippen LogP contribution in [0.2, 0.25) is 0 Å². The Morgan fingerprint density at radius 1 is 1.43 bits per heavy atom. The molecule has 0 bridgehead atoms. The van der Waals surface area contributed by atoms with Crippen LogP contribution in [0.25, 0.3) is 0 Å². The summed E-state index contributed by atoms with van der Waals surface area (Å²) in [6.45, 7) is 4.80. The van der Waals surface area contributed by atoms with Gasteiger partial charge in [0, 0.05) is 30.6 Å². The van der Waals surface area contributed by atoms with Crippen LogP contribution in [0.3, 0.4) is 0 Å². The van der Waals surface area contributed by atoms with Gasteiger partial charge in [-0.05, 0) is 37.9 Å². The average molecular weight is 330 g/mol. The number of H-pyrrole nitrogens is 1. The molecule has 8 heteroatoms. The van der Waals surface area contributed by atoms with Crippen LogP contribution in [0, 0.1) is 11.8 Å². The van der Waals surface area contributed by atoms with Crippen LogP contribution >= 0.6 is 0 Å². The first-order valence-electron chi connectivity index (χ1n) is 7.98. The first kappa shape index (κ1) is 16.3. The van der Waals surface area contributed by atoms with Crippen LogP contribution in [0.5, 0.6) is 0 Å². The molecule has 2 saturated heterocycles. The Morgan fingerprint density at radius 3 is 2.74 bits per heavy atom. The monoisotopic (exact) mass is 330 g/mol. The van der Waals surface area contributed by atoms with Crippen molar-refractivity contribution in [2.45, 2.75) is 31.9 Å². The van der Waals surface area contributed by atoms with Crippen LogP contribution in [0.1, 0.15) is 37.1 Å². The quantitative estimate of drug-likeness (QED) is 0.891. The normalized spacial score (nSPS) is 24.3. The SMILES string of the molecule is CC(C(=O)N1CCCC(c2cc(C(F)(F)F)n[nH]2)C1)C1CNC1. The second kappa shape index (κ2) is 6.14. The van der Waals surface area contributed by atoms with Crippen LogP contribution in [-0.2, 0) is 11.0 Å². The minimum Gasteiger partial charge on any atom is -0.342 e. The molecule has 0 saturated carbocycles.